The molecule has 10 heteroatoms. The Labute approximate surface area is 155 Å². The number of hydrogen-bond acceptors (Lipinski definition) is 6. The molecule has 0 fully saturated rings. The van der Waals surface area contributed by atoms with Crippen LogP contribution in [-0.2, 0) is 4.79 Å². The third-order valence-electron chi connectivity index (χ3n) is 3.46. The predicted octanol–water partition coefficient (Wildman–Crippen LogP) is 4.56. The predicted molar refractivity (Wildman–Crippen MR) is 95.3 cm³/mol. The molecule has 0 saturated heterocycles. The Morgan fingerprint density at radius 1 is 1.27 bits per heavy atom. The molecule has 0 aliphatic heterocycles. The normalized spacial score (nSPS) is 10.5. The Kier molecular flexibility index (Phi) is 4.74. The smallest absolute Gasteiger partial charge is 0.434 e. The van der Waals surface area contributed by atoms with Crippen LogP contribution in [-0.4, -0.2) is 22.4 Å². The number of thiophene rings is 1. The minimum atomic E-state index is -1.25. The van der Waals surface area contributed by atoms with Gasteiger partial charge in [-0.05, 0) is 17.7 Å². The van der Waals surface area contributed by atoms with Gasteiger partial charge >= 0.3 is 11.9 Å². The molecule has 0 unspecified atom stereocenters. The molecule has 0 bridgehead atoms. The highest BCUT2D eigenvalue weighted by Crippen LogP contribution is 2.41. The Bertz CT molecular complexity index is 995. The van der Waals surface area contributed by atoms with Gasteiger partial charge in [0, 0.05) is 22.0 Å². The number of carboxylic acid groups (broad SMARTS) is 1. The molecule has 0 atom stereocenters. The molecule has 1 N–H and O–H groups in total. The first-order valence-corrected chi connectivity index (χ1v) is 8.27. The highest BCUT2D eigenvalue weighted by atomic mass is 35.5. The zero-order valence-corrected chi connectivity index (χ0v) is 14.4. The Morgan fingerprint density at radius 2 is 1.96 bits per heavy atom. The van der Waals surface area contributed by atoms with Crippen molar-refractivity contribution in [3.05, 3.63) is 62.5 Å². The van der Waals surface area contributed by atoms with Crippen LogP contribution >= 0.6 is 22.9 Å². The monoisotopic (exact) mass is 392 g/mol. The number of carbonyl (C=O) groups excluding carboxylic acids is 1. The highest BCUT2D eigenvalue weighted by molar-refractivity contribution is 7.15. The van der Waals surface area contributed by atoms with Crippen molar-refractivity contribution >= 4 is 52.1 Å². The van der Waals surface area contributed by atoms with Crippen molar-refractivity contribution < 1.29 is 24.0 Å². The molecule has 0 aliphatic carbocycles. The lowest BCUT2D eigenvalue weighted by Crippen LogP contribution is -2.15. The van der Waals surface area contributed by atoms with Gasteiger partial charge in [0.2, 0.25) is 12.3 Å². The van der Waals surface area contributed by atoms with Crippen LogP contribution in [0.1, 0.15) is 10.4 Å². The second kappa shape index (κ2) is 6.98. The topological polar surface area (TPSA) is 114 Å². The van der Waals surface area contributed by atoms with E-state index in [0.29, 0.717) is 22.6 Å². The summed E-state index contributed by atoms with van der Waals surface area (Å²) < 4.78 is 5.01. The summed E-state index contributed by atoms with van der Waals surface area (Å²) in [5, 5.41) is 22.5. The standard InChI is InChI=1S/C16H9ClN2O6S/c17-10-3-1-9(2-4-10)11-7-26-15(14(11)16(21)22)18(8-20)12-5-6-13(25-12)19(23)24/h1-8H,(H,21,22). The lowest BCUT2D eigenvalue weighted by atomic mass is 10.0. The van der Waals surface area contributed by atoms with Crippen LogP contribution in [0.15, 0.2) is 46.2 Å². The number of carbonyl (C=O) groups is 2. The molecule has 3 rings (SSSR count). The van der Waals surface area contributed by atoms with Crippen LogP contribution in [0.5, 0.6) is 0 Å². The van der Waals surface area contributed by atoms with Crippen molar-refractivity contribution in [2.75, 3.05) is 4.90 Å². The number of nitro groups is 1. The van der Waals surface area contributed by atoms with Gasteiger partial charge in [-0.25, -0.2) is 9.69 Å². The van der Waals surface area contributed by atoms with Crippen molar-refractivity contribution in [3.63, 3.8) is 0 Å². The molecule has 1 amide bonds. The third-order valence-corrected chi connectivity index (χ3v) is 4.69. The number of hydrogen-bond donors (Lipinski definition) is 1. The van der Waals surface area contributed by atoms with Crippen molar-refractivity contribution in [1.29, 1.82) is 0 Å². The highest BCUT2D eigenvalue weighted by Gasteiger charge is 2.27. The summed E-state index contributed by atoms with van der Waals surface area (Å²) in [6, 6.07) is 8.85. The van der Waals surface area contributed by atoms with E-state index in [1.165, 1.54) is 6.07 Å². The second-order valence-electron chi connectivity index (χ2n) is 4.99. The first-order valence-electron chi connectivity index (χ1n) is 7.02. The Morgan fingerprint density at radius 3 is 2.50 bits per heavy atom. The van der Waals surface area contributed by atoms with Gasteiger partial charge in [0.15, 0.2) is 0 Å². The van der Waals surface area contributed by atoms with Crippen LogP contribution in [0.4, 0.5) is 16.8 Å². The summed E-state index contributed by atoms with van der Waals surface area (Å²) in [7, 11) is 0. The molecule has 1 aromatic carbocycles. The summed E-state index contributed by atoms with van der Waals surface area (Å²) in [5.74, 6) is -1.96. The summed E-state index contributed by atoms with van der Waals surface area (Å²) in [5.41, 5.74) is 0.871. The zero-order chi connectivity index (χ0) is 18.8. The van der Waals surface area contributed by atoms with E-state index in [1.807, 2.05) is 0 Å². The van der Waals surface area contributed by atoms with Gasteiger partial charge < -0.3 is 9.52 Å². The Balaban J connectivity index is 2.11. The van der Waals surface area contributed by atoms with Gasteiger partial charge in [0.1, 0.15) is 15.5 Å². The largest absolute Gasteiger partial charge is 0.478 e. The van der Waals surface area contributed by atoms with E-state index in [4.69, 9.17) is 16.0 Å². The van der Waals surface area contributed by atoms with E-state index in [-0.39, 0.29) is 16.4 Å². The van der Waals surface area contributed by atoms with E-state index in [0.717, 1.165) is 22.3 Å². The average molecular weight is 393 g/mol. The second-order valence-corrected chi connectivity index (χ2v) is 6.28. The summed E-state index contributed by atoms with van der Waals surface area (Å²) in [4.78, 5) is 34.3. The van der Waals surface area contributed by atoms with E-state index in [1.54, 1.807) is 29.6 Å². The SMILES string of the molecule is O=CN(c1ccc([N+](=O)[O-])o1)c1scc(-c2ccc(Cl)cc2)c1C(=O)O. The van der Waals surface area contributed by atoms with Crippen LogP contribution in [0.2, 0.25) is 5.02 Å². The fraction of sp³-hybridized carbons (Fsp3) is 0. The van der Waals surface area contributed by atoms with Crippen molar-refractivity contribution in [1.82, 2.24) is 0 Å². The first kappa shape index (κ1) is 17.6. The number of rotatable bonds is 6. The quantitative estimate of drug-likeness (QED) is 0.373. The fourth-order valence-corrected chi connectivity index (χ4v) is 3.49. The van der Waals surface area contributed by atoms with E-state index < -0.39 is 16.8 Å². The summed E-state index contributed by atoms with van der Waals surface area (Å²) >= 11 is 6.85. The third kappa shape index (κ3) is 3.17. The summed E-state index contributed by atoms with van der Waals surface area (Å²) in [6.45, 7) is 0. The number of nitrogens with zero attached hydrogens (tertiary/aromatic N) is 2. The number of furan rings is 1. The Hall–Kier alpha value is -3.17. The molecule has 0 aliphatic rings. The lowest BCUT2D eigenvalue weighted by Gasteiger charge is -2.13. The maximum Gasteiger partial charge on any atom is 0.434 e. The van der Waals surface area contributed by atoms with Crippen LogP contribution < -0.4 is 4.90 Å². The number of anilines is 2. The number of halogens is 1. The molecule has 2 heterocycles. The lowest BCUT2D eigenvalue weighted by molar-refractivity contribution is -0.401. The molecule has 0 spiro atoms. The maximum absolute atomic E-state index is 11.8. The average Bonchev–Trinajstić information content (AvgIpc) is 3.24. The molecule has 8 nitrogen and oxygen atoms in total. The number of carboxylic acids is 1. The van der Waals surface area contributed by atoms with Gasteiger partial charge in [-0.1, -0.05) is 23.7 Å². The van der Waals surface area contributed by atoms with Gasteiger partial charge in [0.25, 0.3) is 0 Å². The summed E-state index contributed by atoms with van der Waals surface area (Å²) in [6.07, 6.45) is 0.340. The molecule has 2 aromatic heterocycles. The molecular weight excluding hydrogens is 384 g/mol. The minimum absolute atomic E-state index is 0.0710. The number of aromatic carboxylic acids is 1. The van der Waals surface area contributed by atoms with Gasteiger partial charge in [0.05, 0.1) is 6.07 Å². The minimum Gasteiger partial charge on any atom is -0.478 e. The van der Waals surface area contributed by atoms with Crippen molar-refractivity contribution in [3.8, 4) is 11.1 Å². The maximum atomic E-state index is 11.8. The molecule has 3 aromatic rings. The van der Waals surface area contributed by atoms with Gasteiger partial charge in [-0.2, -0.15) is 0 Å². The van der Waals surface area contributed by atoms with E-state index in [9.17, 15) is 24.8 Å². The van der Waals surface area contributed by atoms with Crippen molar-refractivity contribution in [2.24, 2.45) is 0 Å². The molecule has 132 valence electrons. The zero-order valence-electron chi connectivity index (χ0n) is 12.8. The molecule has 26 heavy (non-hydrogen) atoms. The van der Waals surface area contributed by atoms with Crippen LogP contribution in [0.3, 0.4) is 0 Å². The first-order chi connectivity index (χ1) is 12.4. The number of amides is 1. The van der Waals surface area contributed by atoms with Gasteiger partial charge in [-0.15, -0.1) is 11.3 Å². The van der Waals surface area contributed by atoms with E-state index in [2.05, 4.69) is 0 Å². The van der Waals surface area contributed by atoms with Crippen LogP contribution in [0, 0.1) is 10.1 Å². The van der Waals surface area contributed by atoms with E-state index >= 15 is 0 Å². The molecule has 0 radical (unpaired) electrons. The molecular formula is C16H9ClN2O6S. The van der Waals surface area contributed by atoms with Crippen LogP contribution in [0.25, 0.3) is 11.1 Å². The fourth-order valence-electron chi connectivity index (χ4n) is 2.32. The molecule has 0 saturated carbocycles. The number of benzene rings is 1. The van der Waals surface area contributed by atoms with Gasteiger partial charge in [-0.3, -0.25) is 14.9 Å². The van der Waals surface area contributed by atoms with Crippen molar-refractivity contribution in [2.45, 2.75) is 0 Å².